The first kappa shape index (κ1) is 16.5. The Kier molecular flexibility index (Phi) is 4.76. The van der Waals surface area contributed by atoms with Crippen LogP contribution in [0, 0.1) is 12.3 Å². The standard InChI is InChI=1S/C16H25NO3S/c1-4-20-11-16(10-17)14(15(16)21(18,19)5-2)13-8-6-12(3)7-9-13/h6-9,14-15H,4-5,10-11,17H2,1-3H3. The molecule has 5 heteroatoms. The maximum Gasteiger partial charge on any atom is 0.154 e. The van der Waals surface area contributed by atoms with Gasteiger partial charge >= 0.3 is 0 Å². The number of hydrogen-bond donors (Lipinski definition) is 1. The summed E-state index contributed by atoms with van der Waals surface area (Å²) in [5.41, 5.74) is 7.71. The van der Waals surface area contributed by atoms with Crippen LogP contribution in [0.2, 0.25) is 0 Å². The highest BCUT2D eigenvalue weighted by atomic mass is 32.2. The molecule has 1 fully saturated rings. The van der Waals surface area contributed by atoms with E-state index >= 15 is 0 Å². The van der Waals surface area contributed by atoms with Gasteiger partial charge in [-0.15, -0.1) is 0 Å². The summed E-state index contributed by atoms with van der Waals surface area (Å²) in [6.07, 6.45) is 0. The van der Waals surface area contributed by atoms with Gasteiger partial charge in [0, 0.05) is 30.2 Å². The summed E-state index contributed by atoms with van der Waals surface area (Å²) in [5, 5.41) is -0.422. The monoisotopic (exact) mass is 311 g/mol. The zero-order valence-corrected chi connectivity index (χ0v) is 13.8. The molecule has 1 aliphatic carbocycles. The van der Waals surface area contributed by atoms with Crippen molar-refractivity contribution in [1.82, 2.24) is 0 Å². The molecule has 4 nitrogen and oxygen atoms in total. The van der Waals surface area contributed by atoms with E-state index in [0.29, 0.717) is 19.8 Å². The van der Waals surface area contributed by atoms with Crippen molar-refractivity contribution in [3.8, 4) is 0 Å². The fourth-order valence-electron chi connectivity index (χ4n) is 3.24. The van der Waals surface area contributed by atoms with E-state index < -0.39 is 20.5 Å². The molecular weight excluding hydrogens is 286 g/mol. The first-order valence-corrected chi connectivity index (χ1v) is 9.20. The first-order valence-electron chi connectivity index (χ1n) is 7.49. The molecule has 0 heterocycles. The Bertz CT molecular complexity index is 582. The van der Waals surface area contributed by atoms with Gasteiger partial charge in [0.05, 0.1) is 11.9 Å². The topological polar surface area (TPSA) is 69.4 Å². The predicted octanol–water partition coefficient (Wildman–Crippen LogP) is 1.88. The molecule has 0 radical (unpaired) electrons. The lowest BCUT2D eigenvalue weighted by Crippen LogP contribution is -2.29. The summed E-state index contributed by atoms with van der Waals surface area (Å²) in [7, 11) is -3.14. The third-order valence-electron chi connectivity index (χ3n) is 4.56. The number of sulfone groups is 1. The second-order valence-electron chi connectivity index (χ2n) is 5.83. The lowest BCUT2D eigenvalue weighted by molar-refractivity contribution is 0.101. The van der Waals surface area contributed by atoms with E-state index in [1.54, 1.807) is 6.92 Å². The molecule has 0 spiro atoms. The number of hydrogen-bond acceptors (Lipinski definition) is 4. The van der Waals surface area contributed by atoms with Crippen LogP contribution in [0.1, 0.15) is 30.9 Å². The molecule has 0 amide bonds. The second-order valence-corrected chi connectivity index (χ2v) is 8.25. The first-order chi connectivity index (χ1) is 9.93. The van der Waals surface area contributed by atoms with Gasteiger partial charge in [0.25, 0.3) is 0 Å². The molecule has 0 aliphatic heterocycles. The lowest BCUT2D eigenvalue weighted by Gasteiger charge is -2.15. The van der Waals surface area contributed by atoms with Crippen LogP contribution in [0.25, 0.3) is 0 Å². The van der Waals surface area contributed by atoms with Crippen molar-refractivity contribution in [1.29, 1.82) is 0 Å². The van der Waals surface area contributed by atoms with E-state index in [1.807, 2.05) is 38.1 Å². The Balaban J connectivity index is 2.38. The second kappa shape index (κ2) is 6.07. The van der Waals surface area contributed by atoms with Crippen LogP contribution in [0.4, 0.5) is 0 Å². The highest BCUT2D eigenvalue weighted by Gasteiger charge is 2.69. The fourth-order valence-corrected chi connectivity index (χ4v) is 5.39. The fraction of sp³-hybridized carbons (Fsp3) is 0.625. The van der Waals surface area contributed by atoms with Crippen LogP contribution in [0.5, 0.6) is 0 Å². The SMILES string of the molecule is CCOCC1(CN)C(c2ccc(C)cc2)C1S(=O)(=O)CC. The highest BCUT2D eigenvalue weighted by Crippen LogP contribution is 2.62. The minimum Gasteiger partial charge on any atom is -0.381 e. The Morgan fingerprint density at radius 1 is 1.24 bits per heavy atom. The molecule has 21 heavy (non-hydrogen) atoms. The van der Waals surface area contributed by atoms with Crippen LogP contribution in [-0.4, -0.2) is 39.2 Å². The third kappa shape index (κ3) is 2.87. The van der Waals surface area contributed by atoms with Gasteiger partial charge in [-0.25, -0.2) is 8.42 Å². The van der Waals surface area contributed by atoms with Gasteiger partial charge in [-0.3, -0.25) is 0 Å². The molecule has 0 bridgehead atoms. The van der Waals surface area contributed by atoms with Crippen molar-refractivity contribution in [3.05, 3.63) is 35.4 Å². The zero-order chi connectivity index (χ0) is 15.7. The summed E-state index contributed by atoms with van der Waals surface area (Å²) < 4.78 is 30.4. The number of rotatable bonds is 7. The van der Waals surface area contributed by atoms with Gasteiger partial charge in [-0.2, -0.15) is 0 Å². The quantitative estimate of drug-likeness (QED) is 0.834. The van der Waals surface area contributed by atoms with E-state index in [-0.39, 0.29) is 11.7 Å². The number of aryl methyl sites for hydroxylation is 1. The highest BCUT2D eigenvalue weighted by molar-refractivity contribution is 7.92. The van der Waals surface area contributed by atoms with Gasteiger partial charge in [-0.1, -0.05) is 36.8 Å². The number of nitrogens with two attached hydrogens (primary N) is 1. The Morgan fingerprint density at radius 2 is 1.86 bits per heavy atom. The van der Waals surface area contributed by atoms with E-state index in [9.17, 15) is 8.42 Å². The van der Waals surface area contributed by atoms with E-state index in [4.69, 9.17) is 10.5 Å². The molecule has 1 saturated carbocycles. The average molecular weight is 311 g/mol. The largest absolute Gasteiger partial charge is 0.381 e. The smallest absolute Gasteiger partial charge is 0.154 e. The van der Waals surface area contributed by atoms with Crippen LogP contribution in [0.3, 0.4) is 0 Å². The normalized spacial score (nSPS) is 28.6. The summed E-state index contributed by atoms with van der Waals surface area (Å²) in [6, 6.07) is 8.07. The minimum absolute atomic E-state index is 0.0559. The van der Waals surface area contributed by atoms with Crippen molar-refractivity contribution >= 4 is 9.84 Å². The van der Waals surface area contributed by atoms with E-state index in [1.165, 1.54) is 0 Å². The van der Waals surface area contributed by atoms with Crippen molar-refractivity contribution in [2.24, 2.45) is 11.1 Å². The maximum atomic E-state index is 12.4. The molecule has 2 N–H and O–H groups in total. The predicted molar refractivity (Wildman–Crippen MR) is 85.1 cm³/mol. The van der Waals surface area contributed by atoms with Gasteiger partial charge in [0.1, 0.15) is 0 Å². The summed E-state index contributed by atoms with van der Waals surface area (Å²) >= 11 is 0. The van der Waals surface area contributed by atoms with Crippen molar-refractivity contribution < 1.29 is 13.2 Å². The van der Waals surface area contributed by atoms with Crippen LogP contribution >= 0.6 is 0 Å². The Labute approximate surface area is 127 Å². The Hall–Kier alpha value is -0.910. The average Bonchev–Trinajstić information content (AvgIpc) is 3.16. The minimum atomic E-state index is -3.14. The molecule has 118 valence electrons. The summed E-state index contributed by atoms with van der Waals surface area (Å²) in [5.74, 6) is 0.0908. The van der Waals surface area contributed by atoms with Crippen molar-refractivity contribution in [2.45, 2.75) is 31.9 Å². The third-order valence-corrected chi connectivity index (χ3v) is 6.88. The molecule has 0 saturated heterocycles. The molecular formula is C16H25NO3S. The molecule has 1 aromatic carbocycles. The summed E-state index contributed by atoms with van der Waals surface area (Å²) in [4.78, 5) is 0. The van der Waals surface area contributed by atoms with Gasteiger partial charge in [0.15, 0.2) is 9.84 Å². The van der Waals surface area contributed by atoms with E-state index in [0.717, 1.165) is 11.1 Å². The molecule has 1 aromatic rings. The van der Waals surface area contributed by atoms with Crippen molar-refractivity contribution in [2.75, 3.05) is 25.5 Å². The maximum absolute atomic E-state index is 12.4. The van der Waals surface area contributed by atoms with Crippen LogP contribution < -0.4 is 5.73 Å². The van der Waals surface area contributed by atoms with E-state index in [2.05, 4.69) is 0 Å². The molecule has 3 atom stereocenters. The molecule has 1 aliphatic rings. The van der Waals surface area contributed by atoms with Gasteiger partial charge < -0.3 is 10.5 Å². The molecule has 2 rings (SSSR count). The van der Waals surface area contributed by atoms with Gasteiger partial charge in [0.2, 0.25) is 0 Å². The molecule has 0 aromatic heterocycles. The van der Waals surface area contributed by atoms with Crippen molar-refractivity contribution in [3.63, 3.8) is 0 Å². The number of benzene rings is 1. The molecule has 3 unspecified atom stereocenters. The van der Waals surface area contributed by atoms with Crippen LogP contribution in [0.15, 0.2) is 24.3 Å². The van der Waals surface area contributed by atoms with Crippen LogP contribution in [-0.2, 0) is 14.6 Å². The van der Waals surface area contributed by atoms with Gasteiger partial charge in [-0.05, 0) is 19.4 Å². The lowest BCUT2D eigenvalue weighted by atomic mass is 9.99. The summed E-state index contributed by atoms with van der Waals surface area (Å²) in [6.45, 7) is 6.94. The zero-order valence-electron chi connectivity index (χ0n) is 13.0. The number of ether oxygens (including phenoxy) is 1. The Morgan fingerprint density at radius 3 is 2.33 bits per heavy atom.